The van der Waals surface area contributed by atoms with E-state index in [1.165, 1.54) is 0 Å². The lowest BCUT2D eigenvalue weighted by molar-refractivity contribution is 0.0953. The monoisotopic (exact) mass is 427 g/mol. The van der Waals surface area contributed by atoms with E-state index in [9.17, 15) is 4.79 Å². The molecule has 0 unspecified atom stereocenters. The first kappa shape index (κ1) is 21.5. The summed E-state index contributed by atoms with van der Waals surface area (Å²) >= 11 is 5.18. The fourth-order valence-corrected chi connectivity index (χ4v) is 3.21. The molecule has 3 aromatic rings. The van der Waals surface area contributed by atoms with Gasteiger partial charge < -0.3 is 19.4 Å². The molecule has 0 aliphatic rings. The van der Waals surface area contributed by atoms with Gasteiger partial charge in [-0.25, -0.2) is 0 Å². The molecule has 0 radical (unpaired) electrons. The summed E-state index contributed by atoms with van der Waals surface area (Å²) in [4.78, 5) is 16.6. The molecule has 2 heterocycles. The molecule has 1 amide bonds. The minimum Gasteiger partial charge on any atom is -0.490 e. The first-order valence-corrected chi connectivity index (χ1v) is 10.2. The number of aromatic amines is 1. The van der Waals surface area contributed by atoms with Gasteiger partial charge in [-0.3, -0.25) is 14.9 Å². The highest BCUT2D eigenvalue weighted by Gasteiger charge is 2.12. The van der Waals surface area contributed by atoms with E-state index in [1.807, 2.05) is 30.5 Å². The van der Waals surface area contributed by atoms with Gasteiger partial charge in [-0.2, -0.15) is 5.10 Å². The number of ether oxygens (including phenoxy) is 2. The van der Waals surface area contributed by atoms with E-state index in [-0.39, 0.29) is 5.91 Å². The molecule has 0 atom stereocenters. The number of benzene rings is 1. The zero-order valence-electron chi connectivity index (χ0n) is 17.1. The first-order chi connectivity index (χ1) is 14.6. The van der Waals surface area contributed by atoms with Gasteiger partial charge in [0.1, 0.15) is 12.4 Å². The van der Waals surface area contributed by atoms with Crippen LogP contribution in [-0.4, -0.2) is 38.8 Å². The van der Waals surface area contributed by atoms with Crippen LogP contribution in [0.1, 0.15) is 35.6 Å². The number of hydrogen-bond acceptors (Lipinski definition) is 6. The van der Waals surface area contributed by atoms with Gasteiger partial charge in [-0.1, -0.05) is 0 Å². The molecule has 9 heteroatoms. The number of carbonyl (C=O) groups excluding carboxylic acids is 1. The molecule has 3 rings (SSSR count). The van der Waals surface area contributed by atoms with Gasteiger partial charge in [0, 0.05) is 37.5 Å². The van der Waals surface area contributed by atoms with Gasteiger partial charge in [0.25, 0.3) is 5.91 Å². The van der Waals surface area contributed by atoms with Crippen LogP contribution in [0.4, 0.5) is 0 Å². The van der Waals surface area contributed by atoms with Gasteiger partial charge in [-0.05, 0) is 62.0 Å². The summed E-state index contributed by atoms with van der Waals surface area (Å²) in [7, 11) is 0. The number of pyridine rings is 1. The van der Waals surface area contributed by atoms with Crippen molar-refractivity contribution in [3.63, 3.8) is 0 Å². The van der Waals surface area contributed by atoms with Crippen LogP contribution in [-0.2, 0) is 19.6 Å². The van der Waals surface area contributed by atoms with Gasteiger partial charge in [0.05, 0.1) is 6.61 Å². The summed E-state index contributed by atoms with van der Waals surface area (Å²) in [6.07, 6.45) is 4.02. The quantitative estimate of drug-likeness (QED) is 0.482. The molecule has 0 spiro atoms. The Morgan fingerprint density at radius 3 is 2.70 bits per heavy atom. The Hall–Kier alpha value is -3.20. The highest BCUT2D eigenvalue weighted by atomic mass is 32.1. The van der Waals surface area contributed by atoms with Crippen molar-refractivity contribution in [2.45, 2.75) is 33.4 Å². The van der Waals surface area contributed by atoms with Crippen molar-refractivity contribution in [1.82, 2.24) is 25.1 Å². The van der Waals surface area contributed by atoms with Crippen LogP contribution < -0.4 is 14.8 Å². The Labute approximate surface area is 180 Å². The molecular weight excluding hydrogens is 402 g/mol. The third-order valence-corrected chi connectivity index (χ3v) is 4.75. The van der Waals surface area contributed by atoms with Crippen molar-refractivity contribution < 1.29 is 14.3 Å². The van der Waals surface area contributed by atoms with Crippen LogP contribution in [0.15, 0.2) is 42.7 Å². The molecule has 30 heavy (non-hydrogen) atoms. The molecule has 0 aliphatic heterocycles. The van der Waals surface area contributed by atoms with Gasteiger partial charge in [0.2, 0.25) is 0 Å². The standard InChI is InChI=1S/C21H25N5O3S/c1-3-26-19(24-25-21(26)30)9-12-23-20(27)16-5-6-17(18(13-16)28-4-2)29-14-15-7-10-22-11-8-15/h5-8,10-11,13H,3-4,9,12,14H2,1-2H3,(H,23,27)(H,25,30). The minimum atomic E-state index is -0.186. The normalized spacial score (nSPS) is 10.6. The van der Waals surface area contributed by atoms with Crippen LogP contribution in [0.2, 0.25) is 0 Å². The van der Waals surface area contributed by atoms with Crippen LogP contribution >= 0.6 is 12.2 Å². The second kappa shape index (κ2) is 10.5. The van der Waals surface area contributed by atoms with E-state index >= 15 is 0 Å². The predicted molar refractivity (Wildman–Crippen MR) is 115 cm³/mol. The third-order valence-electron chi connectivity index (χ3n) is 4.44. The van der Waals surface area contributed by atoms with Gasteiger partial charge in [-0.15, -0.1) is 0 Å². The van der Waals surface area contributed by atoms with Crippen molar-refractivity contribution in [2.75, 3.05) is 13.2 Å². The topological polar surface area (TPSA) is 94.1 Å². The second-order valence-electron chi connectivity index (χ2n) is 6.43. The largest absolute Gasteiger partial charge is 0.490 e. The van der Waals surface area contributed by atoms with E-state index in [0.29, 0.717) is 48.0 Å². The number of hydrogen-bond donors (Lipinski definition) is 2. The van der Waals surface area contributed by atoms with Gasteiger partial charge in [0.15, 0.2) is 16.3 Å². The molecule has 2 N–H and O–H groups in total. The minimum absolute atomic E-state index is 0.186. The Balaban J connectivity index is 1.62. The number of amides is 1. The molecule has 158 valence electrons. The Morgan fingerprint density at radius 1 is 1.17 bits per heavy atom. The molecule has 2 aromatic heterocycles. The second-order valence-corrected chi connectivity index (χ2v) is 6.82. The van der Waals surface area contributed by atoms with Crippen LogP contribution in [0.3, 0.4) is 0 Å². The van der Waals surface area contributed by atoms with E-state index in [2.05, 4.69) is 20.5 Å². The van der Waals surface area contributed by atoms with E-state index in [4.69, 9.17) is 21.7 Å². The summed E-state index contributed by atoms with van der Waals surface area (Å²) < 4.78 is 14.0. The van der Waals surface area contributed by atoms with E-state index in [1.54, 1.807) is 30.6 Å². The summed E-state index contributed by atoms with van der Waals surface area (Å²) in [6, 6.07) is 8.95. The smallest absolute Gasteiger partial charge is 0.251 e. The summed E-state index contributed by atoms with van der Waals surface area (Å²) in [5, 5.41) is 9.90. The van der Waals surface area contributed by atoms with Crippen molar-refractivity contribution in [1.29, 1.82) is 0 Å². The van der Waals surface area contributed by atoms with Crippen molar-refractivity contribution >= 4 is 18.1 Å². The molecule has 0 saturated heterocycles. The Morgan fingerprint density at radius 2 is 1.97 bits per heavy atom. The summed E-state index contributed by atoms with van der Waals surface area (Å²) in [6.45, 7) is 5.93. The lowest BCUT2D eigenvalue weighted by atomic mass is 10.2. The van der Waals surface area contributed by atoms with E-state index < -0.39 is 0 Å². The molecule has 8 nitrogen and oxygen atoms in total. The van der Waals surface area contributed by atoms with Crippen LogP contribution in [0, 0.1) is 4.77 Å². The van der Waals surface area contributed by atoms with Crippen LogP contribution in [0.5, 0.6) is 11.5 Å². The van der Waals surface area contributed by atoms with Crippen LogP contribution in [0.25, 0.3) is 0 Å². The number of aromatic nitrogens is 4. The highest BCUT2D eigenvalue weighted by Crippen LogP contribution is 2.29. The lowest BCUT2D eigenvalue weighted by Gasteiger charge is -2.13. The number of H-pyrrole nitrogens is 1. The average Bonchev–Trinajstić information content (AvgIpc) is 3.13. The number of nitrogens with zero attached hydrogens (tertiary/aromatic N) is 3. The zero-order valence-corrected chi connectivity index (χ0v) is 17.9. The molecule has 1 aromatic carbocycles. The van der Waals surface area contributed by atoms with E-state index in [0.717, 1.165) is 17.9 Å². The fourth-order valence-electron chi connectivity index (χ4n) is 2.93. The van der Waals surface area contributed by atoms with Crippen molar-refractivity contribution in [3.05, 3.63) is 64.4 Å². The Kier molecular flexibility index (Phi) is 7.56. The maximum atomic E-state index is 12.6. The maximum absolute atomic E-state index is 12.6. The SMILES string of the molecule is CCOc1cc(C(=O)NCCc2n[nH]c(=S)n2CC)ccc1OCc1ccncc1. The molecule has 0 aliphatic carbocycles. The van der Waals surface area contributed by atoms with Crippen molar-refractivity contribution in [3.8, 4) is 11.5 Å². The molecule has 0 saturated carbocycles. The summed E-state index contributed by atoms with van der Waals surface area (Å²) in [5.41, 5.74) is 1.50. The van der Waals surface area contributed by atoms with Crippen molar-refractivity contribution in [2.24, 2.45) is 0 Å². The summed E-state index contributed by atoms with van der Waals surface area (Å²) in [5.74, 6) is 1.75. The molecule has 0 bridgehead atoms. The predicted octanol–water partition coefficient (Wildman–Crippen LogP) is 3.31. The zero-order chi connectivity index (χ0) is 21.3. The Bertz CT molecular complexity index is 1030. The maximum Gasteiger partial charge on any atom is 0.251 e. The fraction of sp³-hybridized carbons (Fsp3) is 0.333. The molecule has 0 fully saturated rings. The number of carbonyl (C=O) groups is 1. The first-order valence-electron chi connectivity index (χ1n) is 9.83. The molecular formula is C21H25N5O3S. The lowest BCUT2D eigenvalue weighted by Crippen LogP contribution is -2.26. The highest BCUT2D eigenvalue weighted by molar-refractivity contribution is 7.71. The third kappa shape index (κ3) is 5.44. The number of nitrogens with one attached hydrogen (secondary N) is 2. The average molecular weight is 428 g/mol. The van der Waals surface area contributed by atoms with Gasteiger partial charge >= 0.3 is 0 Å². The number of rotatable bonds is 10.